The lowest BCUT2D eigenvalue weighted by molar-refractivity contribution is 0.371. The summed E-state index contributed by atoms with van der Waals surface area (Å²) in [7, 11) is 2.23. The molecule has 0 saturated carbocycles. The lowest BCUT2D eigenvalue weighted by Crippen LogP contribution is -2.34. The predicted molar refractivity (Wildman–Crippen MR) is 64.1 cm³/mol. The molecule has 3 nitrogen and oxygen atoms in total. The first-order valence-electron chi connectivity index (χ1n) is 6.47. The predicted octanol–water partition coefficient (Wildman–Crippen LogP) is 0.670. The van der Waals surface area contributed by atoms with E-state index in [0.717, 1.165) is 12.0 Å². The van der Waals surface area contributed by atoms with Crippen molar-refractivity contribution in [3.63, 3.8) is 0 Å². The first-order chi connectivity index (χ1) is 7.34. The van der Waals surface area contributed by atoms with Crippen LogP contribution in [0.2, 0.25) is 0 Å². The van der Waals surface area contributed by atoms with E-state index >= 15 is 0 Å². The normalized spacial score (nSPS) is 34.2. The van der Waals surface area contributed by atoms with Crippen LogP contribution in [-0.4, -0.2) is 50.7 Å². The van der Waals surface area contributed by atoms with Crippen molar-refractivity contribution >= 4 is 0 Å². The van der Waals surface area contributed by atoms with Gasteiger partial charge in [0.25, 0.3) is 0 Å². The van der Waals surface area contributed by atoms with Gasteiger partial charge in [0.2, 0.25) is 0 Å². The van der Waals surface area contributed by atoms with Crippen molar-refractivity contribution < 1.29 is 0 Å². The van der Waals surface area contributed by atoms with Crippen LogP contribution in [0.4, 0.5) is 0 Å². The van der Waals surface area contributed by atoms with Gasteiger partial charge < -0.3 is 15.5 Å². The molecule has 2 rings (SSSR count). The van der Waals surface area contributed by atoms with Gasteiger partial charge in [-0.3, -0.25) is 0 Å². The van der Waals surface area contributed by atoms with E-state index in [1.165, 1.54) is 58.4 Å². The summed E-state index contributed by atoms with van der Waals surface area (Å²) in [5.41, 5.74) is 0. The molecule has 0 bridgehead atoms. The second-order valence-corrected chi connectivity index (χ2v) is 5.20. The minimum atomic E-state index is 0.769. The molecule has 15 heavy (non-hydrogen) atoms. The molecule has 2 fully saturated rings. The SMILES string of the molecule is CN1CCC(CNC2CCCNCC2)C1. The van der Waals surface area contributed by atoms with Crippen LogP contribution >= 0.6 is 0 Å². The molecule has 0 aromatic carbocycles. The summed E-state index contributed by atoms with van der Waals surface area (Å²) in [5, 5.41) is 7.22. The molecule has 0 aromatic rings. The highest BCUT2D eigenvalue weighted by Gasteiger charge is 2.20. The van der Waals surface area contributed by atoms with Crippen molar-refractivity contribution in [3.8, 4) is 0 Å². The van der Waals surface area contributed by atoms with E-state index in [-0.39, 0.29) is 0 Å². The quantitative estimate of drug-likeness (QED) is 0.718. The Kier molecular flexibility index (Phi) is 4.42. The molecule has 0 aromatic heterocycles. The average Bonchev–Trinajstić information content (AvgIpc) is 2.52. The van der Waals surface area contributed by atoms with E-state index in [4.69, 9.17) is 0 Å². The second kappa shape index (κ2) is 5.83. The Morgan fingerprint density at radius 3 is 3.00 bits per heavy atom. The van der Waals surface area contributed by atoms with Gasteiger partial charge in [0.15, 0.2) is 0 Å². The zero-order valence-electron chi connectivity index (χ0n) is 9.97. The Labute approximate surface area is 93.6 Å². The van der Waals surface area contributed by atoms with E-state index in [9.17, 15) is 0 Å². The van der Waals surface area contributed by atoms with Crippen LogP contribution < -0.4 is 10.6 Å². The van der Waals surface area contributed by atoms with Gasteiger partial charge in [0.1, 0.15) is 0 Å². The van der Waals surface area contributed by atoms with Crippen molar-refractivity contribution in [2.45, 2.75) is 31.7 Å². The molecule has 0 amide bonds. The fourth-order valence-electron chi connectivity index (χ4n) is 2.75. The number of likely N-dealkylation sites (tertiary alicyclic amines) is 1. The van der Waals surface area contributed by atoms with Gasteiger partial charge in [-0.25, -0.2) is 0 Å². The molecular formula is C12H25N3. The molecule has 2 aliphatic rings. The Balaban J connectivity index is 1.63. The third kappa shape index (κ3) is 3.74. The van der Waals surface area contributed by atoms with Crippen LogP contribution in [0.15, 0.2) is 0 Å². The second-order valence-electron chi connectivity index (χ2n) is 5.20. The third-order valence-corrected chi connectivity index (χ3v) is 3.76. The Morgan fingerprint density at radius 1 is 1.27 bits per heavy atom. The van der Waals surface area contributed by atoms with Crippen LogP contribution in [0.5, 0.6) is 0 Å². The molecule has 2 N–H and O–H groups in total. The Morgan fingerprint density at radius 2 is 2.20 bits per heavy atom. The first kappa shape index (κ1) is 11.4. The zero-order chi connectivity index (χ0) is 10.5. The van der Waals surface area contributed by atoms with E-state index in [1.54, 1.807) is 0 Å². The average molecular weight is 211 g/mol. The van der Waals surface area contributed by atoms with Crippen molar-refractivity contribution in [2.75, 3.05) is 39.8 Å². The molecule has 3 heteroatoms. The van der Waals surface area contributed by atoms with Crippen LogP contribution in [0.25, 0.3) is 0 Å². The van der Waals surface area contributed by atoms with Crippen molar-refractivity contribution in [3.05, 3.63) is 0 Å². The molecule has 0 radical (unpaired) electrons. The van der Waals surface area contributed by atoms with Gasteiger partial charge in [0.05, 0.1) is 0 Å². The highest BCUT2D eigenvalue weighted by atomic mass is 15.1. The fraction of sp³-hybridized carbons (Fsp3) is 1.00. The maximum atomic E-state index is 3.76. The monoisotopic (exact) mass is 211 g/mol. The van der Waals surface area contributed by atoms with Crippen LogP contribution in [0, 0.1) is 5.92 Å². The standard InChI is InChI=1S/C12H25N3/c1-15-8-5-11(10-15)9-14-12-3-2-6-13-7-4-12/h11-14H,2-10H2,1H3. The van der Waals surface area contributed by atoms with Crippen molar-refractivity contribution in [1.82, 2.24) is 15.5 Å². The number of nitrogens with one attached hydrogen (secondary N) is 2. The largest absolute Gasteiger partial charge is 0.317 e. The van der Waals surface area contributed by atoms with Crippen molar-refractivity contribution in [2.24, 2.45) is 5.92 Å². The topological polar surface area (TPSA) is 27.3 Å². The summed E-state index contributed by atoms with van der Waals surface area (Å²) < 4.78 is 0. The summed E-state index contributed by atoms with van der Waals surface area (Å²) in [4.78, 5) is 2.45. The van der Waals surface area contributed by atoms with E-state index < -0.39 is 0 Å². The minimum absolute atomic E-state index is 0.769. The number of rotatable bonds is 3. The van der Waals surface area contributed by atoms with Gasteiger partial charge in [0, 0.05) is 12.6 Å². The zero-order valence-corrected chi connectivity index (χ0v) is 9.97. The molecule has 88 valence electrons. The summed E-state index contributed by atoms with van der Waals surface area (Å²) >= 11 is 0. The van der Waals surface area contributed by atoms with Gasteiger partial charge >= 0.3 is 0 Å². The highest BCUT2D eigenvalue weighted by Crippen LogP contribution is 2.14. The van der Waals surface area contributed by atoms with E-state index in [2.05, 4.69) is 22.6 Å². The maximum Gasteiger partial charge on any atom is 0.00797 e. The molecule has 2 saturated heterocycles. The lowest BCUT2D eigenvalue weighted by Gasteiger charge is -2.19. The van der Waals surface area contributed by atoms with Crippen LogP contribution in [-0.2, 0) is 0 Å². The summed E-state index contributed by atoms with van der Waals surface area (Å²) in [6, 6.07) is 0.769. The summed E-state index contributed by atoms with van der Waals surface area (Å²) in [6.45, 7) is 6.22. The van der Waals surface area contributed by atoms with E-state index in [0.29, 0.717) is 0 Å². The third-order valence-electron chi connectivity index (χ3n) is 3.76. The van der Waals surface area contributed by atoms with Gasteiger partial charge in [-0.2, -0.15) is 0 Å². The van der Waals surface area contributed by atoms with Crippen LogP contribution in [0.3, 0.4) is 0 Å². The van der Waals surface area contributed by atoms with Gasteiger partial charge in [-0.05, 0) is 64.8 Å². The lowest BCUT2D eigenvalue weighted by atomic mass is 10.1. The highest BCUT2D eigenvalue weighted by molar-refractivity contribution is 4.78. The van der Waals surface area contributed by atoms with Crippen molar-refractivity contribution in [1.29, 1.82) is 0 Å². The summed E-state index contributed by atoms with van der Waals surface area (Å²) in [6.07, 6.45) is 5.38. The molecule has 2 unspecified atom stereocenters. The maximum absolute atomic E-state index is 3.76. The number of hydrogen-bond donors (Lipinski definition) is 2. The van der Waals surface area contributed by atoms with Crippen LogP contribution in [0.1, 0.15) is 25.7 Å². The van der Waals surface area contributed by atoms with Gasteiger partial charge in [-0.15, -0.1) is 0 Å². The molecule has 2 atom stereocenters. The molecule has 2 aliphatic heterocycles. The smallest absolute Gasteiger partial charge is 0.00797 e. The molecular weight excluding hydrogens is 186 g/mol. The fourth-order valence-corrected chi connectivity index (χ4v) is 2.75. The summed E-state index contributed by atoms with van der Waals surface area (Å²) in [5.74, 6) is 0.895. The Bertz CT molecular complexity index is 176. The number of hydrogen-bond acceptors (Lipinski definition) is 3. The minimum Gasteiger partial charge on any atom is -0.317 e. The first-order valence-corrected chi connectivity index (χ1v) is 6.47. The molecule has 2 heterocycles. The molecule has 0 spiro atoms. The number of nitrogens with zero attached hydrogens (tertiary/aromatic N) is 1. The Hall–Kier alpha value is -0.120. The van der Waals surface area contributed by atoms with Gasteiger partial charge in [-0.1, -0.05) is 0 Å². The van der Waals surface area contributed by atoms with E-state index in [1.807, 2.05) is 0 Å². The molecule has 0 aliphatic carbocycles.